The highest BCUT2D eigenvalue weighted by atomic mass is 16.7. The zero-order valence-corrected chi connectivity index (χ0v) is 14.1. The normalized spacial score (nSPS) is 11.8. The number of carbonyl (C=O) groups is 1. The molecule has 0 aromatic heterocycles. The molecule has 0 unspecified atom stereocenters. The number of rotatable bonds is 5. The van der Waals surface area contributed by atoms with Crippen molar-refractivity contribution in [1.82, 2.24) is 0 Å². The van der Waals surface area contributed by atoms with Crippen LogP contribution in [0.25, 0.3) is 11.6 Å². The molecule has 0 heterocycles. The van der Waals surface area contributed by atoms with Crippen LogP contribution in [0.3, 0.4) is 0 Å². The molecule has 0 aliphatic rings. The third-order valence-corrected chi connectivity index (χ3v) is 3.71. The van der Waals surface area contributed by atoms with Crippen LogP contribution in [0.5, 0.6) is 0 Å². The van der Waals surface area contributed by atoms with E-state index in [9.17, 15) is 4.79 Å². The predicted octanol–water partition coefficient (Wildman–Crippen LogP) is 4.09. The van der Waals surface area contributed by atoms with Crippen LogP contribution >= 0.6 is 0 Å². The Morgan fingerprint density at radius 1 is 0.769 bits per heavy atom. The molecule has 26 heavy (non-hydrogen) atoms. The van der Waals surface area contributed by atoms with Gasteiger partial charge in [-0.1, -0.05) is 96.2 Å². The highest BCUT2D eigenvalue weighted by Crippen LogP contribution is 2.20. The van der Waals surface area contributed by atoms with Crippen LogP contribution in [-0.2, 0) is 9.63 Å². The van der Waals surface area contributed by atoms with Gasteiger partial charge in [-0.3, -0.25) is 0 Å². The maximum atomic E-state index is 12.6. The van der Waals surface area contributed by atoms with Gasteiger partial charge in [0.2, 0.25) is 0 Å². The number of hydrogen-bond donors (Lipinski definition) is 1. The second-order valence-corrected chi connectivity index (χ2v) is 5.56. The van der Waals surface area contributed by atoms with E-state index in [2.05, 4.69) is 5.16 Å². The van der Waals surface area contributed by atoms with E-state index in [4.69, 9.17) is 10.6 Å². The fourth-order valence-electron chi connectivity index (χ4n) is 2.40. The van der Waals surface area contributed by atoms with Gasteiger partial charge >= 0.3 is 5.97 Å². The number of carbonyl (C=O) groups excluding carboxylic acids is 1. The summed E-state index contributed by atoms with van der Waals surface area (Å²) in [7, 11) is 0. The fourth-order valence-corrected chi connectivity index (χ4v) is 2.40. The van der Waals surface area contributed by atoms with Crippen molar-refractivity contribution in [3.8, 4) is 0 Å². The molecule has 0 bridgehead atoms. The molecule has 0 aliphatic heterocycles. The van der Waals surface area contributed by atoms with E-state index in [0.717, 1.165) is 11.1 Å². The van der Waals surface area contributed by atoms with Crippen molar-refractivity contribution in [2.75, 3.05) is 0 Å². The molecule has 2 N–H and O–H groups in total. The van der Waals surface area contributed by atoms with Gasteiger partial charge in [-0.05, 0) is 17.2 Å². The zero-order valence-electron chi connectivity index (χ0n) is 14.1. The molecular formula is C22H18N2O2. The first-order valence-corrected chi connectivity index (χ1v) is 8.16. The van der Waals surface area contributed by atoms with Gasteiger partial charge in [-0.2, -0.15) is 0 Å². The number of amidine groups is 1. The second kappa shape index (κ2) is 8.44. The van der Waals surface area contributed by atoms with Crippen LogP contribution in [0.2, 0.25) is 0 Å². The van der Waals surface area contributed by atoms with Crippen molar-refractivity contribution in [1.29, 1.82) is 0 Å². The summed E-state index contributed by atoms with van der Waals surface area (Å²) in [5.41, 5.74) is 8.62. The average molecular weight is 342 g/mol. The van der Waals surface area contributed by atoms with Crippen molar-refractivity contribution in [2.24, 2.45) is 10.9 Å². The van der Waals surface area contributed by atoms with Gasteiger partial charge in [0.1, 0.15) is 0 Å². The van der Waals surface area contributed by atoms with Crippen molar-refractivity contribution in [2.45, 2.75) is 0 Å². The van der Waals surface area contributed by atoms with Crippen LogP contribution in [-0.4, -0.2) is 11.8 Å². The highest BCUT2D eigenvalue weighted by Gasteiger charge is 2.14. The quantitative estimate of drug-likeness (QED) is 0.190. The first-order chi connectivity index (χ1) is 12.7. The Morgan fingerprint density at radius 3 is 1.85 bits per heavy atom. The Hall–Kier alpha value is -3.66. The van der Waals surface area contributed by atoms with Gasteiger partial charge in [-0.15, -0.1) is 0 Å². The molecular weight excluding hydrogens is 324 g/mol. The molecule has 4 heteroatoms. The minimum Gasteiger partial charge on any atom is -0.380 e. The van der Waals surface area contributed by atoms with Crippen molar-refractivity contribution in [3.05, 3.63) is 108 Å². The summed E-state index contributed by atoms with van der Waals surface area (Å²) in [5, 5.41) is 3.79. The molecule has 3 aromatic carbocycles. The molecule has 0 spiro atoms. The summed E-state index contributed by atoms with van der Waals surface area (Å²) in [6, 6.07) is 28.0. The zero-order chi connectivity index (χ0) is 18.2. The lowest BCUT2D eigenvalue weighted by Crippen LogP contribution is -2.15. The summed E-state index contributed by atoms with van der Waals surface area (Å²) < 4.78 is 0. The van der Waals surface area contributed by atoms with E-state index < -0.39 is 5.97 Å². The van der Waals surface area contributed by atoms with E-state index in [-0.39, 0.29) is 5.84 Å². The lowest BCUT2D eigenvalue weighted by Gasteiger charge is -2.06. The van der Waals surface area contributed by atoms with Gasteiger partial charge in [0.05, 0.1) is 5.57 Å². The molecule has 128 valence electrons. The lowest BCUT2D eigenvalue weighted by molar-refractivity contribution is -0.136. The fraction of sp³-hybridized carbons (Fsp3) is 0. The number of benzene rings is 3. The number of nitrogens with zero attached hydrogens (tertiary/aromatic N) is 1. The first kappa shape index (κ1) is 17.2. The number of nitrogens with two attached hydrogens (primary N) is 1. The van der Waals surface area contributed by atoms with E-state index in [1.54, 1.807) is 18.2 Å². The Labute approximate surface area is 152 Å². The summed E-state index contributed by atoms with van der Waals surface area (Å²) in [6.07, 6.45) is 1.77. The Kier molecular flexibility index (Phi) is 5.58. The van der Waals surface area contributed by atoms with Crippen molar-refractivity contribution in [3.63, 3.8) is 0 Å². The summed E-state index contributed by atoms with van der Waals surface area (Å²) in [4.78, 5) is 17.7. The molecule has 4 nitrogen and oxygen atoms in total. The number of oxime groups is 1. The molecule has 0 fully saturated rings. The van der Waals surface area contributed by atoms with Crippen LogP contribution in [0.4, 0.5) is 0 Å². The van der Waals surface area contributed by atoms with Gasteiger partial charge < -0.3 is 10.6 Å². The molecule has 0 atom stereocenters. The molecule has 3 rings (SSSR count). The molecule has 0 saturated carbocycles. The van der Waals surface area contributed by atoms with Crippen LogP contribution in [0.15, 0.2) is 96.2 Å². The molecule has 0 amide bonds. The number of hydrogen-bond acceptors (Lipinski definition) is 3. The monoisotopic (exact) mass is 342 g/mol. The lowest BCUT2D eigenvalue weighted by atomic mass is 10.0. The minimum atomic E-state index is -0.570. The van der Waals surface area contributed by atoms with E-state index in [0.29, 0.717) is 11.1 Å². The average Bonchev–Trinajstić information content (AvgIpc) is 2.72. The van der Waals surface area contributed by atoms with E-state index >= 15 is 0 Å². The Balaban J connectivity index is 1.87. The van der Waals surface area contributed by atoms with Crippen LogP contribution in [0, 0.1) is 0 Å². The van der Waals surface area contributed by atoms with E-state index in [1.807, 2.05) is 78.9 Å². The van der Waals surface area contributed by atoms with Gasteiger partial charge in [-0.25, -0.2) is 4.79 Å². The smallest absolute Gasteiger partial charge is 0.366 e. The summed E-state index contributed by atoms with van der Waals surface area (Å²) in [5.74, 6) is -0.426. The SMILES string of the molecule is N/C(=N\OC(=O)/C(=C\c1ccccc1)c1ccccc1)c1ccccc1. The van der Waals surface area contributed by atoms with Crippen molar-refractivity contribution >= 4 is 23.5 Å². The largest absolute Gasteiger partial charge is 0.380 e. The molecule has 0 aliphatic carbocycles. The van der Waals surface area contributed by atoms with Gasteiger partial charge in [0, 0.05) is 5.56 Å². The Bertz CT molecular complexity index is 918. The van der Waals surface area contributed by atoms with Crippen LogP contribution in [0.1, 0.15) is 16.7 Å². The Morgan fingerprint density at radius 2 is 1.27 bits per heavy atom. The predicted molar refractivity (Wildman–Crippen MR) is 104 cm³/mol. The summed E-state index contributed by atoms with van der Waals surface area (Å²) in [6.45, 7) is 0. The summed E-state index contributed by atoms with van der Waals surface area (Å²) >= 11 is 0. The van der Waals surface area contributed by atoms with Crippen LogP contribution < -0.4 is 5.73 Å². The third kappa shape index (κ3) is 4.45. The minimum absolute atomic E-state index is 0.145. The van der Waals surface area contributed by atoms with E-state index in [1.165, 1.54) is 0 Å². The first-order valence-electron chi connectivity index (χ1n) is 8.16. The topological polar surface area (TPSA) is 64.7 Å². The van der Waals surface area contributed by atoms with Gasteiger partial charge in [0.25, 0.3) is 0 Å². The van der Waals surface area contributed by atoms with Gasteiger partial charge in [0.15, 0.2) is 5.84 Å². The standard InChI is InChI=1S/C22H18N2O2/c23-21(19-14-8-3-9-15-19)24-26-22(25)20(18-12-6-2-7-13-18)16-17-10-4-1-5-11-17/h1-16H,(H2,23,24)/b20-16-. The van der Waals surface area contributed by atoms with Crippen molar-refractivity contribution < 1.29 is 9.63 Å². The molecule has 3 aromatic rings. The maximum Gasteiger partial charge on any atom is 0.366 e. The third-order valence-electron chi connectivity index (χ3n) is 3.71. The second-order valence-electron chi connectivity index (χ2n) is 5.56. The molecule has 0 radical (unpaired) electrons. The maximum absolute atomic E-state index is 12.6. The molecule has 0 saturated heterocycles. The highest BCUT2D eigenvalue weighted by molar-refractivity contribution is 6.21.